The Morgan fingerprint density at radius 1 is 1.41 bits per heavy atom. The lowest BCUT2D eigenvalue weighted by molar-refractivity contribution is 0.122. The van der Waals surface area contributed by atoms with E-state index in [2.05, 4.69) is 17.2 Å². The van der Waals surface area contributed by atoms with Crippen LogP contribution in [0.2, 0.25) is 0 Å². The van der Waals surface area contributed by atoms with E-state index in [-0.39, 0.29) is 6.04 Å². The van der Waals surface area contributed by atoms with Crippen molar-refractivity contribution in [2.24, 2.45) is 0 Å². The van der Waals surface area contributed by atoms with Gasteiger partial charge in [0.1, 0.15) is 0 Å². The van der Waals surface area contributed by atoms with Gasteiger partial charge in [0.05, 0.1) is 19.8 Å². The van der Waals surface area contributed by atoms with Crippen LogP contribution in [0.1, 0.15) is 31.9 Å². The van der Waals surface area contributed by atoms with Gasteiger partial charge in [-0.2, -0.15) is 0 Å². The minimum Gasteiger partial charge on any atom is -0.481 e. The first-order chi connectivity index (χ1) is 8.33. The minimum atomic E-state index is 0.138. The summed E-state index contributed by atoms with van der Waals surface area (Å²) in [6.45, 7) is 6.45. The second kappa shape index (κ2) is 8.03. The zero-order valence-corrected chi connectivity index (χ0v) is 10.9. The zero-order chi connectivity index (χ0) is 12.5. The smallest absolute Gasteiger partial charge is 0.217 e. The van der Waals surface area contributed by atoms with Gasteiger partial charge >= 0.3 is 0 Å². The summed E-state index contributed by atoms with van der Waals surface area (Å²) in [6.07, 6.45) is 2.82. The molecule has 0 aliphatic rings. The largest absolute Gasteiger partial charge is 0.481 e. The molecule has 1 atom stereocenters. The summed E-state index contributed by atoms with van der Waals surface area (Å²) in [5, 5.41) is 3.45. The highest BCUT2D eigenvalue weighted by Crippen LogP contribution is 2.22. The maximum absolute atomic E-state index is 5.50. The standard InChI is InChI=1S/C13H22N2O2/c1-4-8-14-12(10-17-5-2)11-7-6-9-15-13(11)16-3/h6-7,9,12,14H,4-5,8,10H2,1-3H3. The van der Waals surface area contributed by atoms with Crippen LogP contribution in [-0.2, 0) is 4.74 Å². The third kappa shape index (κ3) is 4.32. The Balaban J connectivity index is 2.78. The normalized spacial score (nSPS) is 12.4. The SMILES string of the molecule is CCCNC(COCC)c1cccnc1OC. The second-order valence-corrected chi connectivity index (χ2v) is 3.77. The average Bonchev–Trinajstić information content (AvgIpc) is 2.39. The molecule has 1 heterocycles. The van der Waals surface area contributed by atoms with Crippen molar-refractivity contribution in [1.82, 2.24) is 10.3 Å². The first kappa shape index (κ1) is 13.9. The van der Waals surface area contributed by atoms with Crippen LogP contribution in [0.15, 0.2) is 18.3 Å². The molecule has 0 saturated heterocycles. The Bertz CT molecular complexity index is 310. The molecule has 0 radical (unpaired) electrons. The number of ether oxygens (including phenoxy) is 2. The van der Waals surface area contributed by atoms with Gasteiger partial charge in [-0.25, -0.2) is 4.98 Å². The summed E-state index contributed by atoms with van der Waals surface area (Å²) < 4.78 is 10.8. The van der Waals surface area contributed by atoms with E-state index >= 15 is 0 Å². The summed E-state index contributed by atoms with van der Waals surface area (Å²) in [4.78, 5) is 4.22. The predicted octanol–water partition coefficient (Wildman–Crippen LogP) is 2.17. The molecule has 0 spiro atoms. The van der Waals surface area contributed by atoms with Gasteiger partial charge in [-0.3, -0.25) is 0 Å². The second-order valence-electron chi connectivity index (χ2n) is 3.77. The molecule has 0 aliphatic heterocycles. The van der Waals surface area contributed by atoms with E-state index in [1.807, 2.05) is 19.1 Å². The van der Waals surface area contributed by atoms with Gasteiger partial charge in [0.15, 0.2) is 0 Å². The number of hydrogen-bond acceptors (Lipinski definition) is 4. The molecule has 1 rings (SSSR count). The number of methoxy groups -OCH3 is 1. The molecule has 4 heteroatoms. The maximum atomic E-state index is 5.50. The molecule has 1 unspecified atom stereocenters. The average molecular weight is 238 g/mol. The van der Waals surface area contributed by atoms with Gasteiger partial charge in [-0.15, -0.1) is 0 Å². The van der Waals surface area contributed by atoms with Crippen molar-refractivity contribution in [2.45, 2.75) is 26.3 Å². The van der Waals surface area contributed by atoms with E-state index in [1.54, 1.807) is 13.3 Å². The van der Waals surface area contributed by atoms with Crippen molar-refractivity contribution in [3.8, 4) is 5.88 Å². The van der Waals surface area contributed by atoms with E-state index in [9.17, 15) is 0 Å². The molecule has 0 aromatic carbocycles. The van der Waals surface area contributed by atoms with Crippen LogP contribution in [0.3, 0.4) is 0 Å². The fraction of sp³-hybridized carbons (Fsp3) is 0.615. The number of aromatic nitrogens is 1. The van der Waals surface area contributed by atoms with Crippen LogP contribution < -0.4 is 10.1 Å². The molecule has 0 fully saturated rings. The van der Waals surface area contributed by atoms with Crippen LogP contribution in [0.4, 0.5) is 0 Å². The number of pyridine rings is 1. The lowest BCUT2D eigenvalue weighted by Crippen LogP contribution is -2.27. The number of hydrogen-bond donors (Lipinski definition) is 1. The van der Waals surface area contributed by atoms with Crippen molar-refractivity contribution >= 4 is 0 Å². The Hall–Kier alpha value is -1.13. The van der Waals surface area contributed by atoms with E-state index in [0.29, 0.717) is 19.1 Å². The highest BCUT2D eigenvalue weighted by molar-refractivity contribution is 5.29. The van der Waals surface area contributed by atoms with Gasteiger partial charge in [-0.05, 0) is 26.0 Å². The highest BCUT2D eigenvalue weighted by Gasteiger charge is 2.15. The lowest BCUT2D eigenvalue weighted by Gasteiger charge is -2.20. The van der Waals surface area contributed by atoms with Crippen LogP contribution in [0.25, 0.3) is 0 Å². The topological polar surface area (TPSA) is 43.4 Å². The van der Waals surface area contributed by atoms with E-state index in [4.69, 9.17) is 9.47 Å². The fourth-order valence-corrected chi connectivity index (χ4v) is 1.65. The van der Waals surface area contributed by atoms with Crippen molar-refractivity contribution in [3.05, 3.63) is 23.9 Å². The summed E-state index contributed by atoms with van der Waals surface area (Å²) in [5.74, 6) is 0.667. The predicted molar refractivity (Wildman–Crippen MR) is 68.3 cm³/mol. The Morgan fingerprint density at radius 3 is 2.88 bits per heavy atom. The third-order valence-electron chi connectivity index (χ3n) is 2.50. The van der Waals surface area contributed by atoms with Crippen molar-refractivity contribution in [1.29, 1.82) is 0 Å². The van der Waals surface area contributed by atoms with Gasteiger partial charge in [0.2, 0.25) is 5.88 Å². The third-order valence-corrected chi connectivity index (χ3v) is 2.50. The number of nitrogens with one attached hydrogen (secondary N) is 1. The van der Waals surface area contributed by atoms with Gasteiger partial charge in [-0.1, -0.05) is 13.0 Å². The van der Waals surface area contributed by atoms with Gasteiger partial charge in [0, 0.05) is 18.4 Å². The number of rotatable bonds is 8. The Labute approximate surface area is 103 Å². The maximum Gasteiger partial charge on any atom is 0.217 e. The zero-order valence-electron chi connectivity index (χ0n) is 10.9. The summed E-state index contributed by atoms with van der Waals surface area (Å²) in [7, 11) is 1.64. The summed E-state index contributed by atoms with van der Waals surface area (Å²) >= 11 is 0. The molecule has 0 saturated carbocycles. The minimum absolute atomic E-state index is 0.138. The molecule has 4 nitrogen and oxygen atoms in total. The summed E-state index contributed by atoms with van der Waals surface area (Å²) in [5.41, 5.74) is 1.05. The van der Waals surface area contributed by atoms with E-state index in [1.165, 1.54) is 0 Å². The Kier molecular flexibility index (Phi) is 6.58. The molecule has 1 N–H and O–H groups in total. The van der Waals surface area contributed by atoms with Crippen LogP contribution in [0.5, 0.6) is 5.88 Å². The molecule has 1 aromatic rings. The molecular weight excluding hydrogens is 216 g/mol. The van der Waals surface area contributed by atoms with E-state index < -0.39 is 0 Å². The van der Waals surface area contributed by atoms with E-state index in [0.717, 1.165) is 18.5 Å². The quantitative estimate of drug-likeness (QED) is 0.753. The monoisotopic (exact) mass is 238 g/mol. The van der Waals surface area contributed by atoms with Crippen LogP contribution in [0, 0.1) is 0 Å². The van der Waals surface area contributed by atoms with Gasteiger partial charge in [0.25, 0.3) is 0 Å². The van der Waals surface area contributed by atoms with Crippen molar-refractivity contribution in [2.75, 3.05) is 26.9 Å². The molecular formula is C13H22N2O2. The van der Waals surface area contributed by atoms with Crippen LogP contribution >= 0.6 is 0 Å². The van der Waals surface area contributed by atoms with Crippen molar-refractivity contribution in [3.63, 3.8) is 0 Å². The highest BCUT2D eigenvalue weighted by atomic mass is 16.5. The first-order valence-electron chi connectivity index (χ1n) is 6.13. The molecule has 0 aliphatic carbocycles. The summed E-state index contributed by atoms with van der Waals surface area (Å²) in [6, 6.07) is 4.08. The number of nitrogens with zero attached hydrogens (tertiary/aromatic N) is 1. The van der Waals surface area contributed by atoms with Crippen LogP contribution in [-0.4, -0.2) is 31.9 Å². The molecule has 17 heavy (non-hydrogen) atoms. The lowest BCUT2D eigenvalue weighted by atomic mass is 10.1. The molecule has 0 amide bonds. The molecule has 1 aromatic heterocycles. The van der Waals surface area contributed by atoms with Crippen molar-refractivity contribution < 1.29 is 9.47 Å². The molecule has 96 valence electrons. The van der Waals surface area contributed by atoms with Gasteiger partial charge < -0.3 is 14.8 Å². The first-order valence-corrected chi connectivity index (χ1v) is 6.13. The Morgan fingerprint density at radius 2 is 2.24 bits per heavy atom. The molecule has 0 bridgehead atoms. The fourth-order valence-electron chi connectivity index (χ4n) is 1.65.